The first kappa shape index (κ1) is 90.1. The van der Waals surface area contributed by atoms with Crippen molar-refractivity contribution in [3.8, 4) is 0 Å². The van der Waals surface area contributed by atoms with E-state index in [2.05, 4.69) is 48.5 Å². The van der Waals surface area contributed by atoms with E-state index in [9.17, 15) is 43.2 Å². The molecule has 3 N–H and O–H groups in total. The van der Waals surface area contributed by atoms with Gasteiger partial charge in [0.2, 0.25) is 0 Å². The second-order valence-electron chi connectivity index (χ2n) is 27.3. The topological polar surface area (TPSA) is 237 Å². The summed E-state index contributed by atoms with van der Waals surface area (Å²) in [5.41, 5.74) is 0. The molecule has 0 aliphatic rings. The van der Waals surface area contributed by atoms with Crippen LogP contribution in [0.15, 0.2) is 0 Å². The highest BCUT2D eigenvalue weighted by Crippen LogP contribution is 2.45. The summed E-state index contributed by atoms with van der Waals surface area (Å²) in [5.74, 6) is 0.257. The minimum Gasteiger partial charge on any atom is -0.462 e. The normalized spacial score (nSPS) is 14.7. The number of rotatable bonds is 71. The molecule has 546 valence electrons. The van der Waals surface area contributed by atoms with Crippen LogP contribution in [0.2, 0.25) is 0 Å². The van der Waals surface area contributed by atoms with Crippen LogP contribution in [-0.2, 0) is 65.4 Å². The van der Waals surface area contributed by atoms with Gasteiger partial charge in [0.1, 0.15) is 19.3 Å². The van der Waals surface area contributed by atoms with E-state index in [-0.39, 0.29) is 25.7 Å². The molecule has 0 aromatic rings. The summed E-state index contributed by atoms with van der Waals surface area (Å²) in [6, 6.07) is 0. The van der Waals surface area contributed by atoms with Crippen molar-refractivity contribution < 1.29 is 80.2 Å². The standard InChI is InChI=1S/C73H142O17P2/c1-8-11-12-13-14-33-40-47-54-70(75)83-60-68(90-73(78)57-50-43-36-29-28-32-39-46-53-66(7)10-3)62-87-91(79,80)85-58-67(74)59-86-92(81,82)88-63-69(61-84-71(76)55-48-41-34-26-23-22-25-31-38-45-52-65(6)9-2)89-72(77)56-49-42-35-27-21-19-17-15-16-18-20-24-30-37-44-51-64(4)5/h64-69,74H,8-63H2,1-7H3,(H,79,80)(H,81,82)/t65?,66?,67-,68+,69+/m0/s1. The predicted molar refractivity (Wildman–Crippen MR) is 372 cm³/mol. The van der Waals surface area contributed by atoms with E-state index in [1.165, 1.54) is 173 Å². The van der Waals surface area contributed by atoms with Gasteiger partial charge in [0.15, 0.2) is 12.2 Å². The van der Waals surface area contributed by atoms with Gasteiger partial charge in [-0.3, -0.25) is 37.3 Å². The molecular weight excluding hydrogens is 1210 g/mol. The van der Waals surface area contributed by atoms with Crippen molar-refractivity contribution in [1.29, 1.82) is 0 Å². The smallest absolute Gasteiger partial charge is 0.462 e. The van der Waals surface area contributed by atoms with E-state index in [0.29, 0.717) is 25.7 Å². The fourth-order valence-corrected chi connectivity index (χ4v) is 12.6. The van der Waals surface area contributed by atoms with Gasteiger partial charge in [-0.1, -0.05) is 318 Å². The van der Waals surface area contributed by atoms with Gasteiger partial charge in [-0.05, 0) is 43.4 Å². The van der Waals surface area contributed by atoms with Crippen LogP contribution >= 0.6 is 15.6 Å². The Morgan fingerprint density at radius 3 is 0.826 bits per heavy atom. The Morgan fingerprint density at radius 1 is 0.315 bits per heavy atom. The predicted octanol–water partition coefficient (Wildman–Crippen LogP) is 21.0. The summed E-state index contributed by atoms with van der Waals surface area (Å²) >= 11 is 0. The summed E-state index contributed by atoms with van der Waals surface area (Å²) in [7, 11) is -9.90. The molecule has 0 aliphatic carbocycles. The van der Waals surface area contributed by atoms with E-state index < -0.39 is 97.5 Å². The molecule has 0 rings (SSSR count). The largest absolute Gasteiger partial charge is 0.472 e. The van der Waals surface area contributed by atoms with Crippen molar-refractivity contribution in [3.05, 3.63) is 0 Å². The SMILES string of the molecule is CCCCCCCCCCC(=O)OC[C@H](COP(=O)(O)OC[C@H](O)COP(=O)(O)OC[C@@H](COC(=O)CCCCCCCCCCCCC(C)CC)OC(=O)CCCCCCCCCCCCCCCCCC(C)C)OC(=O)CCCCCCCCCCC(C)CC. The lowest BCUT2D eigenvalue weighted by atomic mass is 9.99. The van der Waals surface area contributed by atoms with Crippen LogP contribution < -0.4 is 0 Å². The van der Waals surface area contributed by atoms with Gasteiger partial charge in [0, 0.05) is 25.7 Å². The zero-order valence-electron chi connectivity index (χ0n) is 60.0. The summed E-state index contributed by atoms with van der Waals surface area (Å²) in [4.78, 5) is 72.6. The fraction of sp³-hybridized carbons (Fsp3) is 0.945. The van der Waals surface area contributed by atoms with Gasteiger partial charge in [0.05, 0.1) is 26.4 Å². The minimum atomic E-state index is -4.96. The van der Waals surface area contributed by atoms with Crippen LogP contribution in [0.4, 0.5) is 0 Å². The van der Waals surface area contributed by atoms with Crippen molar-refractivity contribution in [2.45, 2.75) is 388 Å². The Labute approximate surface area is 562 Å². The molecule has 4 unspecified atom stereocenters. The van der Waals surface area contributed by atoms with E-state index in [1.807, 2.05) is 0 Å². The van der Waals surface area contributed by atoms with Crippen LogP contribution in [0.3, 0.4) is 0 Å². The molecule has 19 heteroatoms. The molecular formula is C73H142O17P2. The molecule has 0 fully saturated rings. The third kappa shape index (κ3) is 64.1. The number of hydrogen-bond acceptors (Lipinski definition) is 15. The first-order chi connectivity index (χ1) is 44.3. The molecule has 0 amide bonds. The highest BCUT2D eigenvalue weighted by atomic mass is 31.2. The summed E-state index contributed by atoms with van der Waals surface area (Å²) in [5, 5.41) is 10.6. The molecule has 0 saturated carbocycles. The number of ether oxygens (including phenoxy) is 4. The lowest BCUT2D eigenvalue weighted by Crippen LogP contribution is -2.30. The average Bonchev–Trinajstić information content (AvgIpc) is 2.84. The first-order valence-corrected chi connectivity index (χ1v) is 40.9. The molecule has 0 aromatic heterocycles. The highest BCUT2D eigenvalue weighted by Gasteiger charge is 2.30. The number of phosphoric acid groups is 2. The maximum absolute atomic E-state index is 13.1. The number of aliphatic hydroxyl groups excluding tert-OH is 1. The number of carbonyl (C=O) groups excluding carboxylic acids is 4. The zero-order chi connectivity index (χ0) is 68.0. The van der Waals surface area contributed by atoms with Crippen molar-refractivity contribution in [1.82, 2.24) is 0 Å². The molecule has 0 heterocycles. The van der Waals surface area contributed by atoms with E-state index in [0.717, 1.165) is 114 Å². The van der Waals surface area contributed by atoms with Crippen molar-refractivity contribution >= 4 is 39.5 Å². The molecule has 0 aromatic carbocycles. The molecule has 0 radical (unpaired) electrons. The van der Waals surface area contributed by atoms with Gasteiger partial charge in [0.25, 0.3) is 0 Å². The van der Waals surface area contributed by atoms with Crippen LogP contribution in [0, 0.1) is 17.8 Å². The van der Waals surface area contributed by atoms with Gasteiger partial charge < -0.3 is 33.8 Å². The summed E-state index contributed by atoms with van der Waals surface area (Å²) in [6.45, 7) is 11.9. The second kappa shape index (κ2) is 63.8. The van der Waals surface area contributed by atoms with Crippen LogP contribution in [0.1, 0.15) is 370 Å². The molecule has 7 atom stereocenters. The number of hydrogen-bond donors (Lipinski definition) is 3. The Hall–Kier alpha value is -1.94. The summed E-state index contributed by atoms with van der Waals surface area (Å²) < 4.78 is 68.3. The van der Waals surface area contributed by atoms with Crippen molar-refractivity contribution in [3.63, 3.8) is 0 Å². The first-order valence-electron chi connectivity index (χ1n) is 37.9. The van der Waals surface area contributed by atoms with Crippen molar-refractivity contribution in [2.24, 2.45) is 17.8 Å². The number of esters is 4. The second-order valence-corrected chi connectivity index (χ2v) is 30.2. The van der Waals surface area contributed by atoms with Crippen LogP contribution in [-0.4, -0.2) is 96.7 Å². The van der Waals surface area contributed by atoms with E-state index >= 15 is 0 Å². The average molecular weight is 1350 g/mol. The van der Waals surface area contributed by atoms with Gasteiger partial charge in [-0.15, -0.1) is 0 Å². The molecule has 17 nitrogen and oxygen atoms in total. The Balaban J connectivity index is 5.23. The van der Waals surface area contributed by atoms with E-state index in [4.69, 9.17) is 37.0 Å². The van der Waals surface area contributed by atoms with Gasteiger partial charge in [-0.2, -0.15) is 0 Å². The minimum absolute atomic E-state index is 0.105. The highest BCUT2D eigenvalue weighted by molar-refractivity contribution is 7.47. The number of phosphoric ester groups is 2. The van der Waals surface area contributed by atoms with Crippen LogP contribution in [0.5, 0.6) is 0 Å². The molecule has 0 spiro atoms. The van der Waals surface area contributed by atoms with E-state index in [1.54, 1.807) is 0 Å². The zero-order valence-corrected chi connectivity index (χ0v) is 61.8. The maximum Gasteiger partial charge on any atom is 0.472 e. The monoisotopic (exact) mass is 1350 g/mol. The van der Waals surface area contributed by atoms with Crippen molar-refractivity contribution in [2.75, 3.05) is 39.6 Å². The Morgan fingerprint density at radius 2 is 0.554 bits per heavy atom. The van der Waals surface area contributed by atoms with Gasteiger partial charge >= 0.3 is 39.5 Å². The maximum atomic E-state index is 13.1. The fourth-order valence-electron chi connectivity index (χ4n) is 11.0. The lowest BCUT2D eigenvalue weighted by Gasteiger charge is -2.21. The quantitative estimate of drug-likeness (QED) is 0.0222. The number of aliphatic hydroxyl groups is 1. The molecule has 92 heavy (non-hydrogen) atoms. The third-order valence-corrected chi connectivity index (χ3v) is 19.5. The molecule has 0 aliphatic heterocycles. The number of unbranched alkanes of at least 4 members (excludes halogenated alkanes) is 37. The molecule has 0 bridgehead atoms. The van der Waals surface area contributed by atoms with Gasteiger partial charge in [-0.25, -0.2) is 9.13 Å². The van der Waals surface area contributed by atoms with Crippen LogP contribution in [0.25, 0.3) is 0 Å². The Bertz CT molecular complexity index is 1810. The molecule has 0 saturated heterocycles. The summed E-state index contributed by atoms with van der Waals surface area (Å²) in [6.07, 6.45) is 48.5. The lowest BCUT2D eigenvalue weighted by molar-refractivity contribution is -0.161. The Kier molecular flexibility index (Phi) is 62.4. The number of carbonyl (C=O) groups is 4. The third-order valence-electron chi connectivity index (χ3n) is 17.6.